The summed E-state index contributed by atoms with van der Waals surface area (Å²) in [4.78, 5) is 16.9. The van der Waals surface area contributed by atoms with Crippen molar-refractivity contribution in [2.45, 2.75) is 17.8 Å². The number of aromatic nitrogens is 5. The molecule has 25 heavy (non-hydrogen) atoms. The SMILES string of the molecule is Cc1cccc2nc(CSc3nncn3-c3ccccc3)cc(=O)n12. The molecule has 1 aromatic carbocycles. The maximum Gasteiger partial charge on any atom is 0.258 e. The Balaban J connectivity index is 1.62. The van der Waals surface area contributed by atoms with Gasteiger partial charge in [-0.1, -0.05) is 36.0 Å². The van der Waals surface area contributed by atoms with Crippen LogP contribution in [0.4, 0.5) is 0 Å². The van der Waals surface area contributed by atoms with E-state index in [-0.39, 0.29) is 5.56 Å². The van der Waals surface area contributed by atoms with Gasteiger partial charge in [0.25, 0.3) is 5.56 Å². The molecule has 124 valence electrons. The first-order valence-electron chi connectivity index (χ1n) is 7.79. The molecule has 7 heteroatoms. The number of hydrogen-bond donors (Lipinski definition) is 0. The largest absolute Gasteiger partial charge is 0.277 e. The van der Waals surface area contributed by atoms with Crippen molar-refractivity contribution in [3.05, 3.63) is 82.7 Å². The van der Waals surface area contributed by atoms with E-state index in [1.165, 1.54) is 11.8 Å². The van der Waals surface area contributed by atoms with Crippen molar-refractivity contribution in [1.82, 2.24) is 24.1 Å². The fourth-order valence-electron chi connectivity index (χ4n) is 2.66. The molecule has 0 aliphatic carbocycles. The van der Waals surface area contributed by atoms with Crippen LogP contribution in [0.15, 0.2) is 70.9 Å². The molecule has 0 radical (unpaired) electrons. The van der Waals surface area contributed by atoms with Crippen LogP contribution >= 0.6 is 11.8 Å². The Hall–Kier alpha value is -2.93. The zero-order valence-corrected chi connectivity index (χ0v) is 14.3. The fraction of sp³-hybridized carbons (Fsp3) is 0.111. The third kappa shape index (κ3) is 3.06. The third-order valence-corrected chi connectivity index (χ3v) is 4.81. The highest BCUT2D eigenvalue weighted by Crippen LogP contribution is 2.22. The monoisotopic (exact) mass is 349 g/mol. The molecule has 4 aromatic rings. The molecule has 0 spiro atoms. The van der Waals surface area contributed by atoms with Gasteiger partial charge in [-0.15, -0.1) is 10.2 Å². The second-order valence-electron chi connectivity index (χ2n) is 5.55. The molecule has 0 amide bonds. The summed E-state index contributed by atoms with van der Waals surface area (Å²) in [6.07, 6.45) is 1.68. The van der Waals surface area contributed by atoms with Crippen molar-refractivity contribution in [1.29, 1.82) is 0 Å². The van der Waals surface area contributed by atoms with Crippen LogP contribution in [0.5, 0.6) is 0 Å². The molecule has 0 aliphatic heterocycles. The number of fused-ring (bicyclic) bond motifs is 1. The number of pyridine rings is 1. The Morgan fingerprint density at radius 1 is 1.08 bits per heavy atom. The lowest BCUT2D eigenvalue weighted by atomic mass is 10.3. The molecule has 6 nitrogen and oxygen atoms in total. The fourth-order valence-corrected chi connectivity index (χ4v) is 3.49. The van der Waals surface area contributed by atoms with Gasteiger partial charge in [-0.2, -0.15) is 0 Å². The van der Waals surface area contributed by atoms with E-state index >= 15 is 0 Å². The number of thioether (sulfide) groups is 1. The van der Waals surface area contributed by atoms with Gasteiger partial charge in [-0.3, -0.25) is 13.8 Å². The molecule has 3 heterocycles. The van der Waals surface area contributed by atoms with Crippen LogP contribution in [-0.2, 0) is 5.75 Å². The average Bonchev–Trinajstić information content (AvgIpc) is 3.09. The molecule has 3 aromatic heterocycles. The molecule has 0 atom stereocenters. The lowest BCUT2D eigenvalue weighted by molar-refractivity contribution is 0.882. The second-order valence-corrected chi connectivity index (χ2v) is 6.50. The molecule has 4 rings (SSSR count). The van der Waals surface area contributed by atoms with Gasteiger partial charge in [0.15, 0.2) is 5.16 Å². The summed E-state index contributed by atoms with van der Waals surface area (Å²) in [5.74, 6) is 0.547. The minimum absolute atomic E-state index is 0.0665. The molecule has 0 N–H and O–H groups in total. The van der Waals surface area contributed by atoms with Crippen molar-refractivity contribution in [3.63, 3.8) is 0 Å². The number of benzene rings is 1. The Morgan fingerprint density at radius 3 is 2.76 bits per heavy atom. The number of para-hydroxylation sites is 1. The van der Waals surface area contributed by atoms with E-state index in [9.17, 15) is 4.79 Å². The summed E-state index contributed by atoms with van der Waals surface area (Å²) >= 11 is 1.50. The van der Waals surface area contributed by atoms with Crippen LogP contribution in [0, 0.1) is 6.92 Å². The lowest BCUT2D eigenvalue weighted by Crippen LogP contribution is -2.17. The first-order valence-corrected chi connectivity index (χ1v) is 8.77. The van der Waals surface area contributed by atoms with Crippen LogP contribution in [0.2, 0.25) is 0 Å². The van der Waals surface area contributed by atoms with Gasteiger partial charge in [-0.05, 0) is 31.2 Å². The smallest absolute Gasteiger partial charge is 0.258 e. The van der Waals surface area contributed by atoms with Gasteiger partial charge in [0.2, 0.25) is 0 Å². The summed E-state index contributed by atoms with van der Waals surface area (Å²) in [5, 5.41) is 8.93. The van der Waals surface area contributed by atoms with Crippen LogP contribution in [-0.4, -0.2) is 24.1 Å². The van der Waals surface area contributed by atoms with E-state index < -0.39 is 0 Å². The predicted octanol–water partition coefficient (Wildman–Crippen LogP) is 2.88. The Kier molecular flexibility index (Phi) is 4.07. The van der Waals surface area contributed by atoms with E-state index in [4.69, 9.17) is 0 Å². The maximum atomic E-state index is 12.4. The number of aryl methyl sites for hydroxylation is 1. The Bertz CT molecular complexity index is 1090. The van der Waals surface area contributed by atoms with E-state index in [0.29, 0.717) is 11.4 Å². The zero-order valence-electron chi connectivity index (χ0n) is 13.5. The molecule has 0 saturated carbocycles. The van der Waals surface area contributed by atoms with Crippen molar-refractivity contribution in [2.75, 3.05) is 0 Å². The summed E-state index contributed by atoms with van der Waals surface area (Å²) < 4.78 is 3.53. The first-order chi connectivity index (χ1) is 12.2. The molecule has 0 fully saturated rings. The minimum Gasteiger partial charge on any atom is -0.277 e. The average molecular weight is 349 g/mol. The van der Waals surface area contributed by atoms with Crippen molar-refractivity contribution < 1.29 is 0 Å². The van der Waals surface area contributed by atoms with Crippen molar-refractivity contribution >= 4 is 17.4 Å². The summed E-state index contributed by atoms with van der Waals surface area (Å²) in [6.45, 7) is 1.90. The predicted molar refractivity (Wildman–Crippen MR) is 97.1 cm³/mol. The third-order valence-electron chi connectivity index (χ3n) is 3.83. The van der Waals surface area contributed by atoms with E-state index in [0.717, 1.165) is 22.2 Å². The highest BCUT2D eigenvalue weighted by molar-refractivity contribution is 7.98. The number of nitrogens with zero attached hydrogens (tertiary/aromatic N) is 5. The Labute approximate surface area is 148 Å². The van der Waals surface area contributed by atoms with Crippen LogP contribution in [0.25, 0.3) is 11.3 Å². The minimum atomic E-state index is -0.0665. The van der Waals surface area contributed by atoms with Crippen molar-refractivity contribution in [3.8, 4) is 5.69 Å². The first kappa shape index (κ1) is 15.6. The zero-order chi connectivity index (χ0) is 17.2. The summed E-state index contributed by atoms with van der Waals surface area (Å²) in [6, 6.07) is 17.1. The summed E-state index contributed by atoms with van der Waals surface area (Å²) in [7, 11) is 0. The van der Waals surface area contributed by atoms with Crippen LogP contribution < -0.4 is 5.56 Å². The highest BCUT2D eigenvalue weighted by atomic mass is 32.2. The molecular weight excluding hydrogens is 334 g/mol. The maximum absolute atomic E-state index is 12.4. The van der Waals surface area contributed by atoms with E-state index in [2.05, 4.69) is 15.2 Å². The standard InChI is InChI=1S/C18H15N5OS/c1-13-6-5-9-16-20-14(10-17(24)23(13)16)11-25-18-21-19-12-22(18)15-7-3-2-4-8-15/h2-10,12H,11H2,1H3. The van der Waals surface area contributed by atoms with Gasteiger partial charge in [0, 0.05) is 23.2 Å². The normalized spacial score (nSPS) is 11.1. The van der Waals surface area contributed by atoms with Gasteiger partial charge >= 0.3 is 0 Å². The topological polar surface area (TPSA) is 65.1 Å². The van der Waals surface area contributed by atoms with Gasteiger partial charge in [-0.25, -0.2) is 4.98 Å². The second kappa shape index (κ2) is 6.52. The lowest BCUT2D eigenvalue weighted by Gasteiger charge is -2.07. The number of rotatable bonds is 4. The molecule has 0 bridgehead atoms. The Morgan fingerprint density at radius 2 is 1.92 bits per heavy atom. The van der Waals surface area contributed by atoms with Gasteiger partial charge in [0.1, 0.15) is 12.0 Å². The van der Waals surface area contributed by atoms with Gasteiger partial charge in [0.05, 0.1) is 5.69 Å². The molecule has 0 aliphatic rings. The van der Waals surface area contributed by atoms with Crippen molar-refractivity contribution in [2.24, 2.45) is 0 Å². The molecular formula is C18H15N5OS. The quantitative estimate of drug-likeness (QED) is 0.530. The van der Waals surface area contributed by atoms with Crippen LogP contribution in [0.1, 0.15) is 11.4 Å². The van der Waals surface area contributed by atoms with E-state index in [1.54, 1.807) is 16.8 Å². The molecule has 0 saturated heterocycles. The van der Waals surface area contributed by atoms with Gasteiger partial charge < -0.3 is 0 Å². The van der Waals surface area contributed by atoms with Crippen LogP contribution in [0.3, 0.4) is 0 Å². The number of hydrogen-bond acceptors (Lipinski definition) is 5. The summed E-state index contributed by atoms with van der Waals surface area (Å²) in [5.41, 5.74) is 3.19. The highest BCUT2D eigenvalue weighted by Gasteiger charge is 2.09. The molecule has 0 unspecified atom stereocenters. The van der Waals surface area contributed by atoms with E-state index in [1.807, 2.05) is 60.0 Å².